The molecule has 0 aliphatic carbocycles. The minimum absolute atomic E-state index is 0. The summed E-state index contributed by atoms with van der Waals surface area (Å²) in [4.78, 5) is 11.9. The van der Waals surface area contributed by atoms with Gasteiger partial charge in [-0.1, -0.05) is 19.1 Å². The molecule has 1 heterocycles. The summed E-state index contributed by atoms with van der Waals surface area (Å²) in [5, 5.41) is 0. The number of Topliss-reactive ketones (excluding diaryl/α,β-unsaturated/α-hetero) is 1. The fourth-order valence-corrected chi connectivity index (χ4v) is 4.08. The predicted molar refractivity (Wildman–Crippen MR) is 88.8 cm³/mol. The van der Waals surface area contributed by atoms with E-state index in [1.807, 2.05) is 0 Å². The SMILES string of the molecule is CCC(=O)c1cccc(S(=O)(=O)N2CCC(CN)CC2)c1.Cl. The van der Waals surface area contributed by atoms with E-state index in [-0.39, 0.29) is 23.1 Å². The number of hydrogen-bond donors (Lipinski definition) is 1. The Morgan fingerprint density at radius 1 is 1.32 bits per heavy atom. The molecule has 124 valence electrons. The van der Waals surface area contributed by atoms with Crippen molar-refractivity contribution in [3.63, 3.8) is 0 Å². The van der Waals surface area contributed by atoms with Gasteiger partial charge in [-0.2, -0.15) is 4.31 Å². The van der Waals surface area contributed by atoms with Gasteiger partial charge in [0.25, 0.3) is 0 Å². The van der Waals surface area contributed by atoms with E-state index in [0.717, 1.165) is 12.8 Å². The summed E-state index contributed by atoms with van der Waals surface area (Å²) >= 11 is 0. The van der Waals surface area contributed by atoms with Crippen LogP contribution in [0.3, 0.4) is 0 Å². The van der Waals surface area contributed by atoms with Crippen LogP contribution in [0.5, 0.6) is 0 Å². The van der Waals surface area contributed by atoms with E-state index < -0.39 is 10.0 Å². The molecule has 1 aliphatic rings. The Kier molecular flexibility index (Phi) is 6.99. The van der Waals surface area contributed by atoms with Gasteiger partial charge in [-0.3, -0.25) is 4.79 Å². The van der Waals surface area contributed by atoms with E-state index in [2.05, 4.69) is 0 Å². The van der Waals surface area contributed by atoms with Crippen LogP contribution in [0.15, 0.2) is 29.2 Å². The number of carbonyl (C=O) groups is 1. The molecule has 1 aromatic rings. The van der Waals surface area contributed by atoms with Crippen molar-refractivity contribution in [2.24, 2.45) is 11.7 Å². The minimum atomic E-state index is -3.52. The normalized spacial score (nSPS) is 17.0. The average molecular weight is 347 g/mol. The molecule has 1 saturated heterocycles. The molecule has 2 rings (SSSR count). The van der Waals surface area contributed by atoms with E-state index in [9.17, 15) is 13.2 Å². The molecule has 0 saturated carbocycles. The second-order valence-electron chi connectivity index (χ2n) is 5.39. The van der Waals surface area contributed by atoms with Gasteiger partial charge in [-0.05, 0) is 37.4 Å². The number of piperidine rings is 1. The van der Waals surface area contributed by atoms with Gasteiger partial charge < -0.3 is 5.73 Å². The van der Waals surface area contributed by atoms with Crippen molar-refractivity contribution >= 4 is 28.2 Å². The van der Waals surface area contributed by atoms with Crippen molar-refractivity contribution in [1.29, 1.82) is 0 Å². The Hall–Kier alpha value is -0.950. The number of rotatable bonds is 5. The third-order valence-electron chi connectivity index (χ3n) is 4.02. The number of sulfonamides is 1. The Bertz CT molecular complexity index is 611. The van der Waals surface area contributed by atoms with Crippen molar-refractivity contribution in [2.45, 2.75) is 31.1 Å². The molecule has 0 radical (unpaired) electrons. The van der Waals surface area contributed by atoms with Crippen LogP contribution in [0, 0.1) is 5.92 Å². The molecule has 0 unspecified atom stereocenters. The zero-order chi connectivity index (χ0) is 15.5. The summed E-state index contributed by atoms with van der Waals surface area (Å²) in [6, 6.07) is 6.32. The predicted octanol–water partition coefficient (Wildman–Crippen LogP) is 2.06. The summed E-state index contributed by atoms with van der Waals surface area (Å²) < 4.78 is 26.8. The van der Waals surface area contributed by atoms with Gasteiger partial charge in [0, 0.05) is 25.1 Å². The number of ketones is 1. The monoisotopic (exact) mass is 346 g/mol. The Balaban J connectivity index is 0.00000242. The van der Waals surface area contributed by atoms with Crippen LogP contribution in [0.4, 0.5) is 0 Å². The topological polar surface area (TPSA) is 80.5 Å². The van der Waals surface area contributed by atoms with Crippen molar-refractivity contribution < 1.29 is 13.2 Å². The minimum Gasteiger partial charge on any atom is -0.330 e. The smallest absolute Gasteiger partial charge is 0.243 e. The van der Waals surface area contributed by atoms with Crippen LogP contribution in [0.2, 0.25) is 0 Å². The third-order valence-corrected chi connectivity index (χ3v) is 5.92. The first kappa shape index (κ1) is 19.1. The van der Waals surface area contributed by atoms with Crippen LogP contribution < -0.4 is 5.73 Å². The maximum absolute atomic E-state index is 12.6. The first-order valence-corrected chi connectivity index (χ1v) is 8.76. The Morgan fingerprint density at radius 3 is 2.50 bits per heavy atom. The van der Waals surface area contributed by atoms with E-state index >= 15 is 0 Å². The summed E-state index contributed by atoms with van der Waals surface area (Å²) in [6.07, 6.45) is 1.96. The summed E-state index contributed by atoms with van der Waals surface area (Å²) in [5.41, 5.74) is 6.09. The zero-order valence-electron chi connectivity index (χ0n) is 12.7. The molecule has 0 aromatic heterocycles. The Labute approximate surface area is 138 Å². The number of halogens is 1. The molecule has 0 spiro atoms. The molecule has 1 aliphatic heterocycles. The highest BCUT2D eigenvalue weighted by Crippen LogP contribution is 2.24. The number of nitrogens with two attached hydrogens (primary N) is 1. The molecule has 5 nitrogen and oxygen atoms in total. The quantitative estimate of drug-likeness (QED) is 0.827. The first-order valence-electron chi connectivity index (χ1n) is 7.32. The fraction of sp³-hybridized carbons (Fsp3) is 0.533. The third kappa shape index (κ3) is 4.07. The summed E-state index contributed by atoms with van der Waals surface area (Å²) in [5.74, 6) is 0.360. The lowest BCUT2D eigenvalue weighted by molar-refractivity contribution is 0.0988. The van der Waals surface area contributed by atoms with Crippen LogP contribution in [-0.2, 0) is 10.0 Å². The van der Waals surface area contributed by atoms with Crippen molar-refractivity contribution in [3.05, 3.63) is 29.8 Å². The molecule has 0 atom stereocenters. The zero-order valence-corrected chi connectivity index (χ0v) is 14.3. The molecule has 0 amide bonds. The molecule has 1 aromatic carbocycles. The number of hydrogen-bond acceptors (Lipinski definition) is 4. The van der Waals surface area contributed by atoms with Gasteiger partial charge in [0.15, 0.2) is 5.78 Å². The average Bonchev–Trinajstić information content (AvgIpc) is 2.54. The second kappa shape index (κ2) is 8.06. The van der Waals surface area contributed by atoms with Gasteiger partial charge in [0.05, 0.1) is 4.90 Å². The summed E-state index contributed by atoms with van der Waals surface area (Å²) in [6.45, 7) is 3.36. The number of carbonyl (C=O) groups excluding carboxylic acids is 1. The van der Waals surface area contributed by atoms with Crippen LogP contribution in [-0.4, -0.2) is 38.1 Å². The molecule has 1 fully saturated rings. The molecule has 7 heteroatoms. The maximum atomic E-state index is 12.6. The number of benzene rings is 1. The molecular formula is C15H23ClN2O3S. The fourth-order valence-electron chi connectivity index (χ4n) is 2.57. The van der Waals surface area contributed by atoms with E-state index in [1.165, 1.54) is 10.4 Å². The van der Waals surface area contributed by atoms with Crippen molar-refractivity contribution in [2.75, 3.05) is 19.6 Å². The lowest BCUT2D eigenvalue weighted by atomic mass is 9.99. The standard InChI is InChI=1S/C15H22N2O3S.ClH/c1-2-15(18)13-4-3-5-14(10-13)21(19,20)17-8-6-12(11-16)7-9-17;/h3-5,10,12H,2,6-9,11,16H2,1H3;1H. The van der Waals surface area contributed by atoms with Gasteiger partial charge in [0.1, 0.15) is 0 Å². The van der Waals surface area contributed by atoms with Crippen LogP contribution in [0.25, 0.3) is 0 Å². The Morgan fingerprint density at radius 2 is 1.95 bits per heavy atom. The second-order valence-corrected chi connectivity index (χ2v) is 7.33. The van der Waals surface area contributed by atoms with Gasteiger partial charge in [-0.15, -0.1) is 12.4 Å². The highest BCUT2D eigenvalue weighted by molar-refractivity contribution is 7.89. The highest BCUT2D eigenvalue weighted by atomic mass is 35.5. The highest BCUT2D eigenvalue weighted by Gasteiger charge is 2.29. The van der Waals surface area contributed by atoms with Crippen molar-refractivity contribution in [1.82, 2.24) is 4.31 Å². The van der Waals surface area contributed by atoms with Crippen LogP contribution >= 0.6 is 12.4 Å². The van der Waals surface area contributed by atoms with Gasteiger partial charge >= 0.3 is 0 Å². The molecular weight excluding hydrogens is 324 g/mol. The van der Waals surface area contributed by atoms with Crippen LogP contribution in [0.1, 0.15) is 36.5 Å². The van der Waals surface area contributed by atoms with E-state index in [1.54, 1.807) is 25.1 Å². The van der Waals surface area contributed by atoms with Gasteiger partial charge in [-0.25, -0.2) is 8.42 Å². The van der Waals surface area contributed by atoms with Gasteiger partial charge in [0.2, 0.25) is 10.0 Å². The first-order chi connectivity index (χ1) is 9.98. The lowest BCUT2D eigenvalue weighted by Crippen LogP contribution is -2.40. The molecule has 22 heavy (non-hydrogen) atoms. The lowest BCUT2D eigenvalue weighted by Gasteiger charge is -2.30. The van der Waals surface area contributed by atoms with E-state index in [4.69, 9.17) is 5.73 Å². The molecule has 0 bridgehead atoms. The maximum Gasteiger partial charge on any atom is 0.243 e. The summed E-state index contributed by atoms with van der Waals surface area (Å²) in [7, 11) is -3.52. The number of nitrogens with zero attached hydrogens (tertiary/aromatic N) is 1. The largest absolute Gasteiger partial charge is 0.330 e. The van der Waals surface area contributed by atoms with Crippen molar-refractivity contribution in [3.8, 4) is 0 Å². The molecule has 2 N–H and O–H groups in total. The van der Waals surface area contributed by atoms with E-state index in [0.29, 0.717) is 37.5 Å².